The van der Waals surface area contributed by atoms with Gasteiger partial charge in [-0.3, -0.25) is 4.99 Å². The zero-order chi connectivity index (χ0) is 15.8. The van der Waals surface area contributed by atoms with Gasteiger partial charge in [-0.05, 0) is 32.7 Å². The lowest BCUT2D eigenvalue weighted by Crippen LogP contribution is -2.41. The lowest BCUT2D eigenvalue weighted by atomic mass is 10.0. The topological polar surface area (TPSA) is 78.6 Å². The van der Waals surface area contributed by atoms with Crippen molar-refractivity contribution in [1.29, 1.82) is 0 Å². The Bertz CT molecular complexity index is 472. The monoisotopic (exact) mass is 308 g/mol. The van der Waals surface area contributed by atoms with Gasteiger partial charge in [0.2, 0.25) is 5.89 Å². The van der Waals surface area contributed by atoms with Crippen molar-refractivity contribution in [2.24, 2.45) is 4.99 Å². The summed E-state index contributed by atoms with van der Waals surface area (Å²) in [5, 5.41) is 10.4. The molecule has 1 fully saturated rings. The van der Waals surface area contributed by atoms with E-state index in [1.165, 1.54) is 25.8 Å². The molecule has 124 valence electrons. The first kappa shape index (κ1) is 16.7. The SMILES string of the molecule is CN=C(NCCCN1CCCCC1C)NCc1noc(C)n1. The third-order valence-corrected chi connectivity index (χ3v) is 4.06. The van der Waals surface area contributed by atoms with Crippen molar-refractivity contribution in [3.8, 4) is 0 Å². The van der Waals surface area contributed by atoms with Crippen LogP contribution < -0.4 is 10.6 Å². The number of aromatic nitrogens is 2. The molecule has 0 amide bonds. The minimum Gasteiger partial charge on any atom is -0.356 e. The van der Waals surface area contributed by atoms with Gasteiger partial charge < -0.3 is 20.1 Å². The molecule has 22 heavy (non-hydrogen) atoms. The van der Waals surface area contributed by atoms with Crippen LogP contribution in [0.3, 0.4) is 0 Å². The largest absolute Gasteiger partial charge is 0.356 e. The van der Waals surface area contributed by atoms with E-state index in [0.29, 0.717) is 18.3 Å². The number of likely N-dealkylation sites (tertiary alicyclic amines) is 1. The fourth-order valence-corrected chi connectivity index (χ4v) is 2.78. The molecule has 0 aromatic carbocycles. The Morgan fingerprint density at radius 2 is 2.27 bits per heavy atom. The third-order valence-electron chi connectivity index (χ3n) is 4.06. The molecule has 0 saturated carbocycles. The van der Waals surface area contributed by atoms with Crippen molar-refractivity contribution >= 4 is 5.96 Å². The maximum absolute atomic E-state index is 4.94. The fraction of sp³-hybridized carbons (Fsp3) is 0.800. The summed E-state index contributed by atoms with van der Waals surface area (Å²) in [7, 11) is 1.77. The van der Waals surface area contributed by atoms with Gasteiger partial charge in [0.25, 0.3) is 0 Å². The maximum Gasteiger partial charge on any atom is 0.223 e. The van der Waals surface area contributed by atoms with Gasteiger partial charge in [-0.25, -0.2) is 0 Å². The normalized spacial score (nSPS) is 20.1. The van der Waals surface area contributed by atoms with E-state index < -0.39 is 0 Å². The molecular weight excluding hydrogens is 280 g/mol. The zero-order valence-electron chi connectivity index (χ0n) is 13.9. The molecule has 1 aliphatic heterocycles. The summed E-state index contributed by atoms with van der Waals surface area (Å²) >= 11 is 0. The van der Waals surface area contributed by atoms with Crippen LogP contribution in [-0.2, 0) is 6.54 Å². The summed E-state index contributed by atoms with van der Waals surface area (Å²) in [4.78, 5) is 10.9. The van der Waals surface area contributed by atoms with E-state index in [2.05, 4.69) is 37.6 Å². The van der Waals surface area contributed by atoms with E-state index in [0.717, 1.165) is 31.5 Å². The van der Waals surface area contributed by atoms with Gasteiger partial charge in [0.1, 0.15) is 0 Å². The Morgan fingerprint density at radius 3 is 2.95 bits per heavy atom. The highest BCUT2D eigenvalue weighted by atomic mass is 16.5. The molecule has 0 spiro atoms. The molecule has 1 atom stereocenters. The number of hydrogen-bond acceptors (Lipinski definition) is 5. The molecule has 1 aliphatic rings. The van der Waals surface area contributed by atoms with Crippen LogP contribution in [0.2, 0.25) is 0 Å². The lowest BCUT2D eigenvalue weighted by Gasteiger charge is -2.33. The van der Waals surface area contributed by atoms with E-state index in [4.69, 9.17) is 4.52 Å². The van der Waals surface area contributed by atoms with Crippen molar-refractivity contribution < 1.29 is 4.52 Å². The third kappa shape index (κ3) is 5.29. The molecule has 2 heterocycles. The van der Waals surface area contributed by atoms with Crippen LogP contribution in [0.25, 0.3) is 0 Å². The van der Waals surface area contributed by atoms with Crippen LogP contribution in [0.4, 0.5) is 0 Å². The molecule has 2 N–H and O–H groups in total. The predicted molar refractivity (Wildman–Crippen MR) is 86.7 cm³/mol. The standard InChI is InChI=1S/C15H28N6O/c1-12-7-4-5-9-21(12)10-6-8-17-15(16-3)18-11-14-19-13(2)22-20-14/h12H,4-11H2,1-3H3,(H2,16,17,18). The number of guanidine groups is 1. The second-order valence-electron chi connectivity index (χ2n) is 5.82. The number of nitrogens with zero attached hydrogens (tertiary/aromatic N) is 4. The summed E-state index contributed by atoms with van der Waals surface area (Å²) in [5.41, 5.74) is 0. The van der Waals surface area contributed by atoms with Gasteiger partial charge in [0.15, 0.2) is 11.8 Å². The molecule has 1 saturated heterocycles. The first-order valence-electron chi connectivity index (χ1n) is 8.17. The van der Waals surface area contributed by atoms with Crippen molar-refractivity contribution in [3.05, 3.63) is 11.7 Å². The minimum absolute atomic E-state index is 0.514. The molecule has 7 heteroatoms. The molecule has 7 nitrogen and oxygen atoms in total. The van der Waals surface area contributed by atoms with Crippen LogP contribution in [0.1, 0.15) is 44.3 Å². The average Bonchev–Trinajstić information content (AvgIpc) is 2.94. The Morgan fingerprint density at radius 1 is 1.41 bits per heavy atom. The molecule has 2 rings (SSSR count). The number of nitrogens with one attached hydrogen (secondary N) is 2. The summed E-state index contributed by atoms with van der Waals surface area (Å²) in [6.07, 6.45) is 5.17. The maximum atomic E-state index is 4.94. The number of aryl methyl sites for hydroxylation is 1. The van der Waals surface area contributed by atoms with Gasteiger partial charge in [0, 0.05) is 33.1 Å². The summed E-state index contributed by atoms with van der Waals surface area (Å²) in [6, 6.07) is 0.729. The lowest BCUT2D eigenvalue weighted by molar-refractivity contribution is 0.159. The Hall–Kier alpha value is -1.63. The summed E-state index contributed by atoms with van der Waals surface area (Å²) in [6.45, 7) is 7.93. The Labute approximate surface area is 132 Å². The molecule has 1 unspecified atom stereocenters. The van der Waals surface area contributed by atoms with E-state index in [1.54, 1.807) is 14.0 Å². The number of aliphatic imine (C=N–C) groups is 1. The van der Waals surface area contributed by atoms with E-state index >= 15 is 0 Å². The van der Waals surface area contributed by atoms with Crippen LogP contribution in [0, 0.1) is 6.92 Å². The molecule has 0 radical (unpaired) electrons. The number of hydrogen-bond donors (Lipinski definition) is 2. The zero-order valence-corrected chi connectivity index (χ0v) is 13.9. The Kier molecular flexibility index (Phi) is 6.64. The van der Waals surface area contributed by atoms with Crippen LogP contribution in [0.15, 0.2) is 9.52 Å². The van der Waals surface area contributed by atoms with Gasteiger partial charge in [-0.2, -0.15) is 4.98 Å². The minimum atomic E-state index is 0.514. The van der Waals surface area contributed by atoms with E-state index in [-0.39, 0.29) is 0 Å². The summed E-state index contributed by atoms with van der Waals surface area (Å²) < 4.78 is 4.94. The highest BCUT2D eigenvalue weighted by Crippen LogP contribution is 2.15. The highest BCUT2D eigenvalue weighted by Gasteiger charge is 2.17. The van der Waals surface area contributed by atoms with Crippen molar-refractivity contribution in [2.45, 2.75) is 52.1 Å². The van der Waals surface area contributed by atoms with E-state index in [1.807, 2.05) is 0 Å². The highest BCUT2D eigenvalue weighted by molar-refractivity contribution is 5.79. The van der Waals surface area contributed by atoms with Crippen LogP contribution >= 0.6 is 0 Å². The van der Waals surface area contributed by atoms with Crippen molar-refractivity contribution in [2.75, 3.05) is 26.7 Å². The summed E-state index contributed by atoms with van der Waals surface area (Å²) in [5.74, 6) is 1.99. The predicted octanol–water partition coefficient (Wildman–Crippen LogP) is 1.31. The number of rotatable bonds is 6. The molecular formula is C15H28N6O. The quantitative estimate of drug-likeness (QED) is 0.469. The van der Waals surface area contributed by atoms with Gasteiger partial charge >= 0.3 is 0 Å². The van der Waals surface area contributed by atoms with E-state index in [9.17, 15) is 0 Å². The van der Waals surface area contributed by atoms with Crippen molar-refractivity contribution in [1.82, 2.24) is 25.7 Å². The second kappa shape index (κ2) is 8.73. The molecule has 0 aliphatic carbocycles. The fourth-order valence-electron chi connectivity index (χ4n) is 2.78. The van der Waals surface area contributed by atoms with Gasteiger partial charge in [-0.15, -0.1) is 0 Å². The second-order valence-corrected chi connectivity index (χ2v) is 5.82. The van der Waals surface area contributed by atoms with Gasteiger partial charge in [0.05, 0.1) is 6.54 Å². The molecule has 1 aromatic rings. The molecule has 1 aromatic heterocycles. The Balaban J connectivity index is 1.62. The van der Waals surface area contributed by atoms with Gasteiger partial charge in [-0.1, -0.05) is 11.6 Å². The first-order valence-corrected chi connectivity index (χ1v) is 8.17. The number of piperidine rings is 1. The average molecular weight is 308 g/mol. The molecule has 0 bridgehead atoms. The first-order chi connectivity index (χ1) is 10.7. The van der Waals surface area contributed by atoms with Crippen molar-refractivity contribution in [3.63, 3.8) is 0 Å². The van der Waals surface area contributed by atoms with Crippen LogP contribution in [-0.4, -0.2) is 53.7 Å². The smallest absolute Gasteiger partial charge is 0.223 e. The van der Waals surface area contributed by atoms with Crippen LogP contribution in [0.5, 0.6) is 0 Å².